The molecule has 0 aromatic carbocycles. The van der Waals surface area contributed by atoms with E-state index in [4.69, 9.17) is 4.74 Å². The van der Waals surface area contributed by atoms with E-state index in [9.17, 15) is 14.7 Å². The second-order valence-corrected chi connectivity index (χ2v) is 7.17. The predicted molar refractivity (Wildman–Crippen MR) is 100 cm³/mol. The number of rotatable bonds is 13. The molecule has 0 amide bonds. The average Bonchev–Trinajstić information content (AvgIpc) is 2.62. The van der Waals surface area contributed by atoms with Crippen LogP contribution in [0.5, 0.6) is 0 Å². The lowest BCUT2D eigenvalue weighted by molar-refractivity contribution is -0.159. The van der Waals surface area contributed by atoms with Gasteiger partial charge in [0.15, 0.2) is 0 Å². The number of aliphatic carboxylic acids is 1. The van der Waals surface area contributed by atoms with Crippen LogP contribution in [0.3, 0.4) is 0 Å². The van der Waals surface area contributed by atoms with Gasteiger partial charge in [-0.3, -0.25) is 9.59 Å². The molecule has 1 N–H and O–H groups in total. The van der Waals surface area contributed by atoms with Crippen LogP contribution in [0.2, 0.25) is 0 Å². The lowest BCUT2D eigenvalue weighted by Crippen LogP contribution is -2.33. The van der Waals surface area contributed by atoms with Crippen molar-refractivity contribution in [3.8, 4) is 0 Å². The third-order valence-electron chi connectivity index (χ3n) is 5.04. The SMILES string of the molecule is CCCC/C=C/CCCCCCCOC(=O)C1CCCCC1C(=O)O. The molecule has 4 heteroatoms. The molecule has 0 aliphatic heterocycles. The van der Waals surface area contributed by atoms with Gasteiger partial charge < -0.3 is 9.84 Å². The van der Waals surface area contributed by atoms with Gasteiger partial charge in [-0.1, -0.05) is 64.0 Å². The highest BCUT2D eigenvalue weighted by molar-refractivity contribution is 5.81. The Morgan fingerprint density at radius 3 is 2.20 bits per heavy atom. The number of carboxylic acids is 1. The van der Waals surface area contributed by atoms with Crippen LogP contribution in [0.4, 0.5) is 0 Å². The van der Waals surface area contributed by atoms with E-state index in [0.717, 1.165) is 32.1 Å². The van der Waals surface area contributed by atoms with Crippen molar-refractivity contribution in [1.29, 1.82) is 0 Å². The van der Waals surface area contributed by atoms with Crippen molar-refractivity contribution in [1.82, 2.24) is 0 Å². The smallest absolute Gasteiger partial charge is 0.309 e. The summed E-state index contributed by atoms with van der Waals surface area (Å²) in [5, 5.41) is 9.22. The van der Waals surface area contributed by atoms with Crippen molar-refractivity contribution in [3.05, 3.63) is 12.2 Å². The summed E-state index contributed by atoms with van der Waals surface area (Å²) in [7, 11) is 0. The lowest BCUT2D eigenvalue weighted by Gasteiger charge is -2.26. The van der Waals surface area contributed by atoms with Crippen molar-refractivity contribution in [3.63, 3.8) is 0 Å². The van der Waals surface area contributed by atoms with Gasteiger partial charge in [0.25, 0.3) is 0 Å². The van der Waals surface area contributed by atoms with Crippen LogP contribution in [-0.2, 0) is 14.3 Å². The summed E-state index contributed by atoms with van der Waals surface area (Å²) in [5.74, 6) is -2.15. The Balaban J connectivity index is 2.01. The van der Waals surface area contributed by atoms with Gasteiger partial charge in [0.1, 0.15) is 0 Å². The first-order valence-electron chi connectivity index (χ1n) is 10.2. The van der Waals surface area contributed by atoms with Crippen molar-refractivity contribution in [2.45, 2.75) is 90.4 Å². The van der Waals surface area contributed by atoms with Crippen molar-refractivity contribution >= 4 is 11.9 Å². The second kappa shape index (κ2) is 13.9. The first kappa shape index (κ1) is 21.7. The minimum absolute atomic E-state index is 0.302. The van der Waals surface area contributed by atoms with Gasteiger partial charge in [0.05, 0.1) is 18.4 Å². The number of esters is 1. The van der Waals surface area contributed by atoms with Crippen LogP contribution in [0.15, 0.2) is 12.2 Å². The molecular weight excluding hydrogens is 316 g/mol. The molecule has 1 rings (SSSR count). The summed E-state index contributed by atoms with van der Waals surface area (Å²) < 4.78 is 5.33. The Bertz CT molecular complexity index is 403. The first-order chi connectivity index (χ1) is 12.2. The molecule has 1 fully saturated rings. The van der Waals surface area contributed by atoms with E-state index in [0.29, 0.717) is 19.4 Å². The highest BCUT2D eigenvalue weighted by atomic mass is 16.5. The topological polar surface area (TPSA) is 63.6 Å². The van der Waals surface area contributed by atoms with Crippen LogP contribution in [0.25, 0.3) is 0 Å². The Hall–Kier alpha value is -1.32. The molecule has 0 heterocycles. The van der Waals surface area contributed by atoms with Crippen LogP contribution < -0.4 is 0 Å². The fraction of sp³-hybridized carbons (Fsp3) is 0.810. The summed E-state index contributed by atoms with van der Waals surface area (Å²) in [6, 6.07) is 0. The van der Waals surface area contributed by atoms with Crippen LogP contribution in [-0.4, -0.2) is 23.7 Å². The number of carbonyl (C=O) groups excluding carboxylic acids is 1. The molecule has 0 saturated heterocycles. The molecule has 2 atom stereocenters. The lowest BCUT2D eigenvalue weighted by atomic mass is 9.79. The van der Waals surface area contributed by atoms with Gasteiger partial charge in [0.2, 0.25) is 0 Å². The van der Waals surface area contributed by atoms with Crippen LogP contribution in [0, 0.1) is 11.8 Å². The fourth-order valence-electron chi connectivity index (χ4n) is 3.44. The number of carboxylic acid groups (broad SMARTS) is 1. The highest BCUT2D eigenvalue weighted by Gasteiger charge is 2.36. The third-order valence-corrected chi connectivity index (χ3v) is 5.04. The highest BCUT2D eigenvalue weighted by Crippen LogP contribution is 2.31. The second-order valence-electron chi connectivity index (χ2n) is 7.17. The average molecular weight is 353 g/mol. The monoisotopic (exact) mass is 352 g/mol. The molecule has 0 bridgehead atoms. The molecule has 144 valence electrons. The van der Waals surface area contributed by atoms with E-state index in [1.807, 2.05) is 0 Å². The molecule has 0 spiro atoms. The summed E-state index contributed by atoms with van der Waals surface area (Å²) >= 11 is 0. The van der Waals surface area contributed by atoms with Crippen molar-refractivity contribution in [2.24, 2.45) is 11.8 Å². The number of hydrogen-bond donors (Lipinski definition) is 1. The Kier molecular flexibility index (Phi) is 12.1. The number of carbonyl (C=O) groups is 2. The number of allylic oxidation sites excluding steroid dienone is 2. The quantitative estimate of drug-likeness (QED) is 0.270. The van der Waals surface area contributed by atoms with Crippen molar-refractivity contribution in [2.75, 3.05) is 6.61 Å². The van der Waals surface area contributed by atoms with E-state index in [-0.39, 0.29) is 5.97 Å². The molecule has 1 aliphatic carbocycles. The van der Waals surface area contributed by atoms with Gasteiger partial charge in [-0.05, 0) is 38.5 Å². The Labute approximate surface area is 153 Å². The summed E-state index contributed by atoms with van der Waals surface area (Å²) in [5.41, 5.74) is 0. The maximum absolute atomic E-state index is 12.1. The molecule has 0 radical (unpaired) electrons. The Morgan fingerprint density at radius 2 is 1.52 bits per heavy atom. The van der Waals surface area contributed by atoms with E-state index < -0.39 is 17.8 Å². The normalized spacial score (nSPS) is 20.7. The molecule has 1 aliphatic rings. The van der Waals surface area contributed by atoms with E-state index in [1.165, 1.54) is 38.5 Å². The zero-order valence-electron chi connectivity index (χ0n) is 15.9. The van der Waals surface area contributed by atoms with Gasteiger partial charge in [-0.25, -0.2) is 0 Å². The zero-order valence-corrected chi connectivity index (χ0v) is 15.9. The van der Waals surface area contributed by atoms with E-state index in [1.54, 1.807) is 0 Å². The van der Waals surface area contributed by atoms with Crippen molar-refractivity contribution < 1.29 is 19.4 Å². The Morgan fingerprint density at radius 1 is 0.920 bits per heavy atom. The molecule has 0 aromatic rings. The minimum Gasteiger partial charge on any atom is -0.481 e. The molecule has 1 saturated carbocycles. The fourth-order valence-corrected chi connectivity index (χ4v) is 3.44. The predicted octanol–water partition coefficient (Wildman–Crippen LogP) is 5.51. The van der Waals surface area contributed by atoms with E-state index in [2.05, 4.69) is 19.1 Å². The first-order valence-corrected chi connectivity index (χ1v) is 10.2. The number of unbranched alkanes of at least 4 members (excludes halogenated alkanes) is 7. The van der Waals surface area contributed by atoms with Gasteiger partial charge >= 0.3 is 11.9 Å². The van der Waals surface area contributed by atoms with Gasteiger partial charge in [-0.15, -0.1) is 0 Å². The van der Waals surface area contributed by atoms with Crippen LogP contribution in [0.1, 0.15) is 90.4 Å². The van der Waals surface area contributed by atoms with Gasteiger partial charge in [-0.2, -0.15) is 0 Å². The standard InChI is InChI=1S/C21H36O4/c1-2-3-4-5-6-7-8-9-10-11-14-17-25-21(24)19-16-13-12-15-18(19)20(22)23/h5-6,18-19H,2-4,7-17H2,1H3,(H,22,23)/b6-5+. The molecule has 25 heavy (non-hydrogen) atoms. The van der Waals surface area contributed by atoms with E-state index >= 15 is 0 Å². The zero-order chi connectivity index (χ0) is 18.3. The molecule has 0 aromatic heterocycles. The molecule has 2 unspecified atom stereocenters. The largest absolute Gasteiger partial charge is 0.481 e. The summed E-state index contributed by atoms with van der Waals surface area (Å²) in [6.07, 6.45) is 18.1. The minimum atomic E-state index is -0.856. The van der Waals surface area contributed by atoms with Crippen LogP contribution >= 0.6 is 0 Å². The summed E-state index contributed by atoms with van der Waals surface area (Å²) in [4.78, 5) is 23.3. The molecule has 4 nitrogen and oxygen atoms in total. The van der Waals surface area contributed by atoms with Gasteiger partial charge in [0, 0.05) is 0 Å². The molecular formula is C21H36O4. The number of ether oxygens (including phenoxy) is 1. The third kappa shape index (κ3) is 9.66. The summed E-state index contributed by atoms with van der Waals surface area (Å²) in [6.45, 7) is 2.64. The maximum Gasteiger partial charge on any atom is 0.309 e. The maximum atomic E-state index is 12.1. The number of hydrogen-bond acceptors (Lipinski definition) is 3.